The number of aromatic nitrogens is 2. The van der Waals surface area contributed by atoms with Crippen LogP contribution >= 0.6 is 28.7 Å². The Hall–Kier alpha value is -1.07. The van der Waals surface area contributed by atoms with E-state index in [9.17, 15) is 4.79 Å². The molecule has 1 aromatic carbocycles. The molecule has 0 spiro atoms. The van der Waals surface area contributed by atoms with Crippen molar-refractivity contribution in [1.82, 2.24) is 9.55 Å². The van der Waals surface area contributed by atoms with Crippen LogP contribution in [0.15, 0.2) is 41.8 Å². The first-order valence-corrected chi connectivity index (χ1v) is 6.35. The Morgan fingerprint density at radius 1 is 1.33 bits per heavy atom. The van der Waals surface area contributed by atoms with Gasteiger partial charge in [-0.2, -0.15) is 0 Å². The van der Waals surface area contributed by atoms with E-state index in [2.05, 4.69) is 4.98 Å². The van der Waals surface area contributed by atoms with Gasteiger partial charge in [0.1, 0.15) is 0 Å². The van der Waals surface area contributed by atoms with Crippen LogP contribution in [-0.2, 0) is 7.05 Å². The van der Waals surface area contributed by atoms with Crippen LogP contribution in [0, 0.1) is 6.92 Å². The first kappa shape index (κ1) is 15.0. The summed E-state index contributed by atoms with van der Waals surface area (Å²) in [6.45, 7) is 2.01. The van der Waals surface area contributed by atoms with Gasteiger partial charge in [0.2, 0.25) is 0 Å². The number of aryl methyl sites for hydroxylation is 2. The maximum Gasteiger partial charge on any atom is 0.173 e. The van der Waals surface area contributed by atoms with E-state index in [-0.39, 0.29) is 22.8 Å². The molecule has 0 atom stereocenters. The number of imidazole rings is 1. The van der Waals surface area contributed by atoms with Crippen LogP contribution in [0.25, 0.3) is 0 Å². The second-order valence-corrected chi connectivity index (χ2v) is 4.84. The summed E-state index contributed by atoms with van der Waals surface area (Å²) in [5, 5.41) is 0.866. The molecule has 0 saturated carbocycles. The molecule has 5 heteroatoms. The van der Waals surface area contributed by atoms with E-state index < -0.39 is 0 Å². The van der Waals surface area contributed by atoms with Crippen molar-refractivity contribution in [2.45, 2.75) is 12.1 Å². The number of carbonyl (C=O) groups excluding carboxylic acids is 1. The van der Waals surface area contributed by atoms with Gasteiger partial charge in [-0.1, -0.05) is 41.6 Å². The van der Waals surface area contributed by atoms with Crippen molar-refractivity contribution in [3.8, 4) is 0 Å². The fraction of sp³-hybridized carbons (Fsp3) is 0.231. The Morgan fingerprint density at radius 2 is 2.00 bits per heavy atom. The van der Waals surface area contributed by atoms with Crippen molar-refractivity contribution >= 4 is 34.5 Å². The Labute approximate surface area is 121 Å². The lowest BCUT2D eigenvalue weighted by Gasteiger charge is -2.02. The van der Waals surface area contributed by atoms with Gasteiger partial charge < -0.3 is 4.57 Å². The van der Waals surface area contributed by atoms with E-state index in [1.165, 1.54) is 17.3 Å². The number of halogens is 1. The molecule has 96 valence electrons. The molecule has 0 radical (unpaired) electrons. The highest BCUT2D eigenvalue weighted by atomic mass is 79.9. The zero-order valence-electron chi connectivity index (χ0n) is 10.3. The molecular weight excluding hydrogens is 312 g/mol. The largest absolute Gasteiger partial charge is 0.329 e. The van der Waals surface area contributed by atoms with E-state index in [1.807, 2.05) is 49.0 Å². The second kappa shape index (κ2) is 6.75. The van der Waals surface area contributed by atoms with Gasteiger partial charge in [0.25, 0.3) is 0 Å². The van der Waals surface area contributed by atoms with Crippen LogP contribution in [0.5, 0.6) is 0 Å². The molecular formula is C13H15BrN2OS. The van der Waals surface area contributed by atoms with Gasteiger partial charge in [-0.15, -0.1) is 17.0 Å². The summed E-state index contributed by atoms with van der Waals surface area (Å²) in [7, 11) is 1.92. The molecule has 1 heterocycles. The first-order valence-electron chi connectivity index (χ1n) is 5.37. The Bertz CT molecular complexity index is 522. The van der Waals surface area contributed by atoms with Gasteiger partial charge >= 0.3 is 0 Å². The van der Waals surface area contributed by atoms with Crippen molar-refractivity contribution in [1.29, 1.82) is 0 Å². The van der Waals surface area contributed by atoms with Gasteiger partial charge in [-0.25, -0.2) is 4.98 Å². The van der Waals surface area contributed by atoms with Gasteiger partial charge in [0.15, 0.2) is 10.9 Å². The highest BCUT2D eigenvalue weighted by molar-refractivity contribution is 8.93. The third-order valence-electron chi connectivity index (χ3n) is 2.48. The van der Waals surface area contributed by atoms with Gasteiger partial charge in [0.05, 0.1) is 5.75 Å². The summed E-state index contributed by atoms with van der Waals surface area (Å²) >= 11 is 1.46. The summed E-state index contributed by atoms with van der Waals surface area (Å²) in [5.41, 5.74) is 1.93. The molecule has 2 aromatic rings. The number of benzene rings is 1. The van der Waals surface area contributed by atoms with E-state index in [0.717, 1.165) is 10.7 Å². The zero-order valence-corrected chi connectivity index (χ0v) is 12.8. The number of ketones is 1. The summed E-state index contributed by atoms with van der Waals surface area (Å²) in [5.74, 6) is 0.562. The second-order valence-electron chi connectivity index (χ2n) is 3.90. The molecule has 0 aliphatic carbocycles. The molecule has 0 N–H and O–H groups in total. The Morgan fingerprint density at radius 3 is 2.56 bits per heavy atom. The molecule has 2 rings (SSSR count). The van der Waals surface area contributed by atoms with Crippen molar-refractivity contribution in [2.75, 3.05) is 5.75 Å². The van der Waals surface area contributed by atoms with Crippen LogP contribution in [0.2, 0.25) is 0 Å². The molecule has 0 aliphatic heterocycles. The van der Waals surface area contributed by atoms with Crippen LogP contribution in [0.3, 0.4) is 0 Å². The fourth-order valence-electron chi connectivity index (χ4n) is 1.44. The number of Topliss-reactive ketones (excluding diaryl/α,β-unsaturated/α-hetero) is 1. The highest BCUT2D eigenvalue weighted by Gasteiger charge is 2.08. The quantitative estimate of drug-likeness (QED) is 0.638. The Kier molecular flexibility index (Phi) is 5.62. The molecule has 1 aromatic heterocycles. The predicted octanol–water partition coefficient (Wildman–Crippen LogP) is 3.28. The van der Waals surface area contributed by atoms with Crippen molar-refractivity contribution in [3.63, 3.8) is 0 Å². The van der Waals surface area contributed by atoms with Crippen molar-refractivity contribution in [2.24, 2.45) is 7.05 Å². The predicted molar refractivity (Wildman–Crippen MR) is 79.8 cm³/mol. The van der Waals surface area contributed by atoms with Crippen LogP contribution in [0.1, 0.15) is 15.9 Å². The van der Waals surface area contributed by atoms with E-state index in [0.29, 0.717) is 5.75 Å². The van der Waals surface area contributed by atoms with Crippen LogP contribution < -0.4 is 0 Å². The number of hydrogen-bond donors (Lipinski definition) is 0. The normalized spacial score (nSPS) is 9.89. The van der Waals surface area contributed by atoms with Crippen LogP contribution in [0.4, 0.5) is 0 Å². The molecule has 0 fully saturated rings. The summed E-state index contributed by atoms with van der Waals surface area (Å²) in [6.07, 6.45) is 3.61. The van der Waals surface area contributed by atoms with Gasteiger partial charge in [0, 0.05) is 25.0 Å². The zero-order chi connectivity index (χ0) is 12.3. The minimum absolute atomic E-state index is 0. The fourth-order valence-corrected chi connectivity index (χ4v) is 2.27. The minimum Gasteiger partial charge on any atom is -0.329 e. The van der Waals surface area contributed by atoms with Gasteiger partial charge in [-0.3, -0.25) is 4.79 Å². The average Bonchev–Trinajstić information content (AvgIpc) is 2.73. The van der Waals surface area contributed by atoms with Crippen LogP contribution in [-0.4, -0.2) is 21.1 Å². The summed E-state index contributed by atoms with van der Waals surface area (Å²) in [6, 6.07) is 7.66. The highest BCUT2D eigenvalue weighted by Crippen LogP contribution is 2.16. The molecule has 0 saturated heterocycles. The molecule has 0 unspecified atom stereocenters. The monoisotopic (exact) mass is 326 g/mol. The number of hydrogen-bond acceptors (Lipinski definition) is 3. The number of rotatable bonds is 4. The molecule has 3 nitrogen and oxygen atoms in total. The SMILES string of the molecule is Br.Cc1ccc(C(=O)CSc2nccn2C)cc1. The molecule has 0 amide bonds. The lowest BCUT2D eigenvalue weighted by molar-refractivity contribution is 0.102. The number of nitrogens with zero attached hydrogens (tertiary/aromatic N) is 2. The number of carbonyl (C=O) groups is 1. The first-order chi connectivity index (χ1) is 8.16. The van der Waals surface area contributed by atoms with Crippen molar-refractivity contribution < 1.29 is 4.79 Å². The molecule has 0 aliphatic rings. The third-order valence-corrected chi connectivity index (χ3v) is 3.54. The molecule has 0 bridgehead atoms. The summed E-state index contributed by atoms with van der Waals surface area (Å²) < 4.78 is 1.91. The topological polar surface area (TPSA) is 34.9 Å². The van der Waals surface area contributed by atoms with E-state index >= 15 is 0 Å². The standard InChI is InChI=1S/C13H14N2OS.BrH/c1-10-3-5-11(6-4-10)12(16)9-17-13-14-7-8-15(13)2;/h3-8H,9H2,1-2H3;1H. The lowest BCUT2D eigenvalue weighted by atomic mass is 10.1. The summed E-state index contributed by atoms with van der Waals surface area (Å²) in [4.78, 5) is 16.1. The average molecular weight is 327 g/mol. The lowest BCUT2D eigenvalue weighted by Crippen LogP contribution is -2.03. The molecule has 18 heavy (non-hydrogen) atoms. The van der Waals surface area contributed by atoms with E-state index in [4.69, 9.17) is 0 Å². The minimum atomic E-state index is 0. The Balaban J connectivity index is 0.00000162. The third kappa shape index (κ3) is 3.71. The van der Waals surface area contributed by atoms with E-state index in [1.54, 1.807) is 6.20 Å². The number of thioether (sulfide) groups is 1. The van der Waals surface area contributed by atoms with Crippen molar-refractivity contribution in [3.05, 3.63) is 47.8 Å². The maximum absolute atomic E-state index is 11.9. The maximum atomic E-state index is 11.9. The smallest absolute Gasteiger partial charge is 0.173 e. The van der Waals surface area contributed by atoms with Gasteiger partial charge in [-0.05, 0) is 6.92 Å².